The summed E-state index contributed by atoms with van der Waals surface area (Å²) in [5, 5.41) is 3.91. The first-order valence-corrected chi connectivity index (χ1v) is 7.00. The number of nitrogens with one attached hydrogen (secondary N) is 1. The number of hydrogen-bond donors (Lipinski definition) is 1. The highest BCUT2D eigenvalue weighted by Gasteiger charge is 2.11. The van der Waals surface area contributed by atoms with Crippen LogP contribution in [0, 0.1) is 6.92 Å². The van der Waals surface area contributed by atoms with Crippen molar-refractivity contribution in [3.8, 4) is 5.75 Å². The molecular weight excluding hydrogens is 334 g/mol. The van der Waals surface area contributed by atoms with Crippen LogP contribution in [0.3, 0.4) is 0 Å². The van der Waals surface area contributed by atoms with Crippen LogP contribution in [0.2, 0.25) is 0 Å². The van der Waals surface area contributed by atoms with Crippen molar-refractivity contribution in [3.05, 3.63) is 57.8 Å². The minimum atomic E-state index is -0.350. The van der Waals surface area contributed by atoms with Gasteiger partial charge in [0.15, 0.2) is 0 Å². The molecule has 2 rings (SSSR count). The first-order chi connectivity index (χ1) is 10.1. The Hall–Kier alpha value is -2.21. The number of carbonyl (C=O) groups excluding carboxylic acids is 1. The number of hydrazone groups is 1. The number of aryl methyl sites for hydroxylation is 1. The highest BCUT2D eigenvalue weighted by atomic mass is 79.9. The van der Waals surface area contributed by atoms with Crippen molar-refractivity contribution in [2.75, 3.05) is 7.11 Å². The minimum absolute atomic E-state index is 0.350. The third kappa shape index (κ3) is 4.13. The number of methoxy groups -OCH3 is 1. The zero-order chi connectivity index (χ0) is 15.2. The fourth-order valence-electron chi connectivity index (χ4n) is 1.71. The normalized spacial score (nSPS) is 10.6. The number of ether oxygens (including phenoxy) is 1. The Morgan fingerprint density at radius 3 is 2.90 bits per heavy atom. The predicted octanol–water partition coefficient (Wildman–Crippen LogP) is 2.93. The molecule has 1 N–H and O–H groups in total. The monoisotopic (exact) mass is 347 g/mol. The van der Waals surface area contributed by atoms with Crippen LogP contribution < -0.4 is 10.2 Å². The van der Waals surface area contributed by atoms with Gasteiger partial charge >= 0.3 is 0 Å². The van der Waals surface area contributed by atoms with Gasteiger partial charge in [0.25, 0.3) is 5.91 Å². The number of hydrogen-bond acceptors (Lipinski definition) is 4. The van der Waals surface area contributed by atoms with E-state index >= 15 is 0 Å². The summed E-state index contributed by atoms with van der Waals surface area (Å²) < 4.78 is 5.95. The molecule has 2 aromatic rings. The molecule has 0 saturated carbocycles. The minimum Gasteiger partial charge on any atom is -0.496 e. The summed E-state index contributed by atoms with van der Waals surface area (Å²) in [7, 11) is 1.51. The number of halogens is 1. The van der Waals surface area contributed by atoms with Crippen LogP contribution in [0.4, 0.5) is 0 Å². The average molecular weight is 348 g/mol. The van der Waals surface area contributed by atoms with E-state index in [4.69, 9.17) is 4.74 Å². The highest BCUT2D eigenvalue weighted by Crippen LogP contribution is 2.22. The first kappa shape index (κ1) is 15.2. The zero-order valence-electron chi connectivity index (χ0n) is 11.6. The molecule has 1 aromatic carbocycles. The lowest BCUT2D eigenvalue weighted by atomic mass is 10.2. The third-order valence-electron chi connectivity index (χ3n) is 2.68. The van der Waals surface area contributed by atoms with Crippen molar-refractivity contribution in [1.29, 1.82) is 0 Å². The largest absolute Gasteiger partial charge is 0.496 e. The molecule has 0 radical (unpaired) electrons. The smallest absolute Gasteiger partial charge is 0.275 e. The maximum absolute atomic E-state index is 12.1. The molecule has 0 atom stereocenters. The van der Waals surface area contributed by atoms with Crippen molar-refractivity contribution in [1.82, 2.24) is 10.4 Å². The van der Waals surface area contributed by atoms with Crippen molar-refractivity contribution in [2.45, 2.75) is 6.92 Å². The molecule has 0 bridgehead atoms. The summed E-state index contributed by atoms with van der Waals surface area (Å²) in [6.45, 7) is 1.89. The second-order valence-corrected chi connectivity index (χ2v) is 5.16. The molecule has 0 saturated heterocycles. The third-order valence-corrected chi connectivity index (χ3v) is 3.17. The summed E-state index contributed by atoms with van der Waals surface area (Å²) in [5.74, 6) is 0.136. The number of benzene rings is 1. The van der Waals surface area contributed by atoms with Crippen molar-refractivity contribution in [2.24, 2.45) is 5.10 Å². The fraction of sp³-hybridized carbons (Fsp3) is 0.133. The van der Waals surface area contributed by atoms with Gasteiger partial charge in [0, 0.05) is 10.2 Å². The lowest BCUT2D eigenvalue weighted by Crippen LogP contribution is -2.18. The molecule has 0 fully saturated rings. The van der Waals surface area contributed by atoms with Crippen LogP contribution >= 0.6 is 15.9 Å². The lowest BCUT2D eigenvalue weighted by Gasteiger charge is -2.07. The van der Waals surface area contributed by atoms with E-state index < -0.39 is 0 Å². The van der Waals surface area contributed by atoms with Gasteiger partial charge in [-0.25, -0.2) is 5.43 Å². The maximum atomic E-state index is 12.1. The van der Waals surface area contributed by atoms with Crippen molar-refractivity contribution in [3.63, 3.8) is 0 Å². The molecule has 1 heterocycles. The quantitative estimate of drug-likeness (QED) is 0.683. The summed E-state index contributed by atoms with van der Waals surface area (Å²) in [6, 6.07) is 10.8. The molecule has 5 nitrogen and oxygen atoms in total. The molecule has 21 heavy (non-hydrogen) atoms. The van der Waals surface area contributed by atoms with Gasteiger partial charge < -0.3 is 4.74 Å². The number of nitrogens with zero attached hydrogens (tertiary/aromatic N) is 2. The van der Waals surface area contributed by atoms with Gasteiger partial charge in [0.1, 0.15) is 5.75 Å². The Morgan fingerprint density at radius 2 is 2.19 bits per heavy atom. The van der Waals surface area contributed by atoms with Gasteiger partial charge in [-0.1, -0.05) is 22.0 Å². The van der Waals surface area contributed by atoms with E-state index in [0.717, 1.165) is 10.2 Å². The predicted molar refractivity (Wildman–Crippen MR) is 84.7 cm³/mol. The molecule has 0 unspecified atom stereocenters. The SMILES string of the molecule is COc1ccc(Br)cc1C(=O)N/N=C\c1cccc(C)n1. The van der Waals surface area contributed by atoms with E-state index in [-0.39, 0.29) is 5.91 Å². The van der Waals surface area contributed by atoms with Crippen molar-refractivity contribution >= 4 is 28.1 Å². The van der Waals surface area contributed by atoms with E-state index in [9.17, 15) is 4.79 Å². The Kier molecular flexibility index (Phi) is 5.05. The summed E-state index contributed by atoms with van der Waals surface area (Å²) in [6.07, 6.45) is 1.50. The van der Waals surface area contributed by atoms with Gasteiger partial charge in [0.05, 0.1) is 24.6 Å². The number of pyridine rings is 1. The number of amides is 1. The van der Waals surface area contributed by atoms with Crippen LogP contribution in [0.5, 0.6) is 5.75 Å². The van der Waals surface area contributed by atoms with Gasteiger partial charge in [-0.2, -0.15) is 5.10 Å². The molecule has 6 heteroatoms. The van der Waals surface area contributed by atoms with E-state index in [1.807, 2.05) is 25.1 Å². The van der Waals surface area contributed by atoms with Crippen LogP contribution in [0.1, 0.15) is 21.7 Å². The van der Waals surface area contributed by atoms with Crippen molar-refractivity contribution < 1.29 is 9.53 Å². The number of carbonyl (C=O) groups is 1. The Labute approximate surface area is 131 Å². The van der Waals surface area contributed by atoms with E-state index in [1.54, 1.807) is 18.2 Å². The van der Waals surface area contributed by atoms with E-state index in [2.05, 4.69) is 31.4 Å². The standard InChI is InChI=1S/C15H14BrN3O2/c1-10-4-3-5-12(18-10)9-17-19-15(20)13-8-11(16)6-7-14(13)21-2/h3-9H,1-2H3,(H,19,20)/b17-9-. The topological polar surface area (TPSA) is 63.6 Å². The average Bonchev–Trinajstić information content (AvgIpc) is 2.47. The van der Waals surface area contributed by atoms with Crippen LogP contribution in [-0.4, -0.2) is 24.2 Å². The second kappa shape index (κ2) is 6.99. The zero-order valence-corrected chi connectivity index (χ0v) is 13.2. The lowest BCUT2D eigenvalue weighted by molar-refractivity contribution is 0.0952. The molecule has 108 valence electrons. The first-order valence-electron chi connectivity index (χ1n) is 6.21. The van der Waals surface area contributed by atoms with Gasteiger partial charge in [-0.3, -0.25) is 9.78 Å². The van der Waals surface area contributed by atoms with Gasteiger partial charge in [0.2, 0.25) is 0 Å². The molecular formula is C15H14BrN3O2. The number of aromatic nitrogens is 1. The molecule has 0 aliphatic heterocycles. The Balaban J connectivity index is 2.10. The van der Waals surface area contributed by atoms with Crippen LogP contribution in [-0.2, 0) is 0 Å². The molecule has 1 amide bonds. The number of rotatable bonds is 4. The second-order valence-electron chi connectivity index (χ2n) is 4.25. The summed E-state index contributed by atoms with van der Waals surface area (Å²) >= 11 is 3.32. The maximum Gasteiger partial charge on any atom is 0.275 e. The molecule has 1 aromatic heterocycles. The highest BCUT2D eigenvalue weighted by molar-refractivity contribution is 9.10. The summed E-state index contributed by atoms with van der Waals surface area (Å²) in [5.41, 5.74) is 4.43. The van der Waals surface area contributed by atoms with Gasteiger partial charge in [-0.05, 0) is 37.3 Å². The van der Waals surface area contributed by atoms with Crippen LogP contribution in [0.25, 0.3) is 0 Å². The summed E-state index contributed by atoms with van der Waals surface area (Å²) in [4.78, 5) is 16.3. The van der Waals surface area contributed by atoms with E-state index in [1.165, 1.54) is 13.3 Å². The molecule has 0 aliphatic carbocycles. The Morgan fingerprint density at radius 1 is 1.38 bits per heavy atom. The van der Waals surface area contributed by atoms with Gasteiger partial charge in [-0.15, -0.1) is 0 Å². The van der Waals surface area contributed by atoms with E-state index in [0.29, 0.717) is 17.0 Å². The van der Waals surface area contributed by atoms with Crippen LogP contribution in [0.15, 0.2) is 46.0 Å². The molecule has 0 aliphatic rings. The fourth-order valence-corrected chi connectivity index (χ4v) is 2.07. The molecule has 0 spiro atoms. The Bertz CT molecular complexity index is 686.